The highest BCUT2D eigenvalue weighted by molar-refractivity contribution is 5.52. The van der Waals surface area contributed by atoms with Crippen LogP contribution in [0.2, 0.25) is 0 Å². The summed E-state index contributed by atoms with van der Waals surface area (Å²) in [5, 5.41) is 10.3. The van der Waals surface area contributed by atoms with Gasteiger partial charge in [-0.15, -0.1) is 0 Å². The molecule has 1 aromatic carbocycles. The zero-order chi connectivity index (χ0) is 13.5. The molecule has 19 heavy (non-hydrogen) atoms. The summed E-state index contributed by atoms with van der Waals surface area (Å²) in [7, 11) is 0. The Hall–Kier alpha value is -1.36. The molecule has 3 atom stereocenters. The molecule has 1 N–H and O–H groups in total. The topological polar surface area (TPSA) is 47.9 Å². The van der Waals surface area contributed by atoms with E-state index in [0.717, 1.165) is 5.56 Å². The van der Waals surface area contributed by atoms with Crippen LogP contribution in [0.25, 0.3) is 6.08 Å². The van der Waals surface area contributed by atoms with E-state index in [0.29, 0.717) is 12.4 Å². The minimum absolute atomic E-state index is 0.210. The molecule has 0 spiro atoms. The minimum atomic E-state index is -0.791. The Labute approximate surface area is 112 Å². The van der Waals surface area contributed by atoms with Crippen LogP contribution >= 0.6 is 0 Å². The summed E-state index contributed by atoms with van der Waals surface area (Å²) in [6, 6.07) is 9.77. The van der Waals surface area contributed by atoms with Crippen LogP contribution in [0.3, 0.4) is 0 Å². The van der Waals surface area contributed by atoms with Crippen molar-refractivity contribution in [3.8, 4) is 0 Å². The van der Waals surface area contributed by atoms with Crippen molar-refractivity contribution < 1.29 is 19.3 Å². The zero-order valence-electron chi connectivity index (χ0n) is 11.1. The fraction of sp³-hybridized carbons (Fsp3) is 0.467. The Balaban J connectivity index is 1.81. The van der Waals surface area contributed by atoms with E-state index in [1.165, 1.54) is 0 Å². The predicted octanol–water partition coefficient (Wildman–Crippen LogP) is 1.94. The van der Waals surface area contributed by atoms with Crippen LogP contribution in [0.15, 0.2) is 36.1 Å². The number of aliphatic hydroxyl groups is 1. The van der Waals surface area contributed by atoms with Crippen molar-refractivity contribution >= 4 is 6.08 Å². The maximum absolute atomic E-state index is 10.3. The molecule has 2 aliphatic rings. The number of rotatable bonds is 1. The highest BCUT2D eigenvalue weighted by Crippen LogP contribution is 2.35. The fourth-order valence-corrected chi connectivity index (χ4v) is 2.53. The molecule has 1 aromatic rings. The normalized spacial score (nSPS) is 34.9. The molecule has 0 radical (unpaired) electrons. The first-order chi connectivity index (χ1) is 9.05. The van der Waals surface area contributed by atoms with Gasteiger partial charge in [-0.3, -0.25) is 0 Å². The van der Waals surface area contributed by atoms with E-state index in [1.54, 1.807) is 0 Å². The summed E-state index contributed by atoms with van der Waals surface area (Å²) in [4.78, 5) is 0. The second-order valence-corrected chi connectivity index (χ2v) is 5.35. The zero-order valence-corrected chi connectivity index (χ0v) is 11.1. The number of benzene rings is 1. The number of fused-ring (bicyclic) bond motifs is 1. The van der Waals surface area contributed by atoms with E-state index in [2.05, 4.69) is 0 Å². The lowest BCUT2D eigenvalue weighted by Crippen LogP contribution is -2.44. The van der Waals surface area contributed by atoms with E-state index >= 15 is 0 Å². The molecule has 4 nitrogen and oxygen atoms in total. The lowest BCUT2D eigenvalue weighted by molar-refractivity contribution is -0.151. The predicted molar refractivity (Wildman–Crippen MR) is 70.2 cm³/mol. The molecular formula is C15H18O4. The van der Waals surface area contributed by atoms with Gasteiger partial charge in [-0.25, -0.2) is 0 Å². The molecule has 0 saturated carbocycles. The van der Waals surface area contributed by atoms with Gasteiger partial charge in [0.1, 0.15) is 30.7 Å². The monoisotopic (exact) mass is 262 g/mol. The van der Waals surface area contributed by atoms with Crippen LogP contribution in [-0.4, -0.2) is 35.8 Å². The second-order valence-electron chi connectivity index (χ2n) is 5.35. The Kier molecular flexibility index (Phi) is 3.09. The van der Waals surface area contributed by atoms with Gasteiger partial charge in [-0.05, 0) is 25.5 Å². The average Bonchev–Trinajstić information content (AvgIpc) is 2.70. The van der Waals surface area contributed by atoms with Crippen molar-refractivity contribution in [1.29, 1.82) is 0 Å². The van der Waals surface area contributed by atoms with Crippen molar-refractivity contribution in [1.82, 2.24) is 0 Å². The molecule has 2 fully saturated rings. The molecule has 2 aliphatic heterocycles. The molecule has 2 heterocycles. The maximum Gasteiger partial charge on any atom is 0.164 e. The Bertz CT molecular complexity index is 480. The number of hydrogen-bond donors (Lipinski definition) is 1. The van der Waals surface area contributed by atoms with Crippen molar-refractivity contribution in [2.24, 2.45) is 0 Å². The Morgan fingerprint density at radius 1 is 1.21 bits per heavy atom. The van der Waals surface area contributed by atoms with E-state index in [-0.39, 0.29) is 12.2 Å². The highest BCUT2D eigenvalue weighted by atomic mass is 16.8. The molecule has 4 heteroatoms. The first-order valence-corrected chi connectivity index (χ1v) is 6.48. The van der Waals surface area contributed by atoms with Gasteiger partial charge in [0.05, 0.1) is 0 Å². The quantitative estimate of drug-likeness (QED) is 0.840. The van der Waals surface area contributed by atoms with Crippen LogP contribution in [-0.2, 0) is 14.2 Å². The first-order valence-electron chi connectivity index (χ1n) is 6.48. The highest BCUT2D eigenvalue weighted by Gasteiger charge is 2.49. The number of hydrogen-bond acceptors (Lipinski definition) is 4. The third-order valence-corrected chi connectivity index (χ3v) is 3.35. The molecule has 2 saturated heterocycles. The van der Waals surface area contributed by atoms with Gasteiger partial charge in [-0.2, -0.15) is 0 Å². The van der Waals surface area contributed by atoms with Gasteiger partial charge >= 0.3 is 0 Å². The summed E-state index contributed by atoms with van der Waals surface area (Å²) in [5.74, 6) is -0.129. The second kappa shape index (κ2) is 4.63. The van der Waals surface area contributed by atoms with Crippen LogP contribution in [0.5, 0.6) is 0 Å². The van der Waals surface area contributed by atoms with E-state index < -0.39 is 11.9 Å². The smallest absolute Gasteiger partial charge is 0.164 e. The summed E-state index contributed by atoms with van der Waals surface area (Å²) in [6.45, 7) is 4.10. The molecule has 3 rings (SSSR count). The van der Waals surface area contributed by atoms with Gasteiger partial charge in [0.25, 0.3) is 0 Å². The minimum Gasteiger partial charge on any atom is -0.492 e. The number of ether oxygens (including phenoxy) is 3. The number of aliphatic hydroxyl groups excluding tert-OH is 1. The summed E-state index contributed by atoms with van der Waals surface area (Å²) in [5.41, 5.74) is 0.994. The Morgan fingerprint density at radius 2 is 1.95 bits per heavy atom. The van der Waals surface area contributed by atoms with Gasteiger partial charge < -0.3 is 19.3 Å². The van der Waals surface area contributed by atoms with E-state index in [1.807, 2.05) is 50.3 Å². The fourth-order valence-electron chi connectivity index (χ4n) is 2.53. The average molecular weight is 262 g/mol. The maximum atomic E-state index is 10.3. The van der Waals surface area contributed by atoms with Crippen LogP contribution in [0.1, 0.15) is 19.4 Å². The summed E-state index contributed by atoms with van der Waals surface area (Å²) >= 11 is 0. The van der Waals surface area contributed by atoms with Crippen molar-refractivity contribution in [2.75, 3.05) is 6.61 Å². The van der Waals surface area contributed by atoms with Gasteiger partial charge in [0, 0.05) is 0 Å². The van der Waals surface area contributed by atoms with Crippen molar-refractivity contribution in [3.63, 3.8) is 0 Å². The third-order valence-electron chi connectivity index (χ3n) is 3.35. The largest absolute Gasteiger partial charge is 0.492 e. The molecule has 0 aliphatic carbocycles. The van der Waals surface area contributed by atoms with Crippen LogP contribution in [0, 0.1) is 0 Å². The molecule has 0 aromatic heterocycles. The van der Waals surface area contributed by atoms with Crippen LogP contribution < -0.4 is 0 Å². The lowest BCUT2D eigenvalue weighted by Gasteiger charge is -2.30. The van der Waals surface area contributed by atoms with Gasteiger partial charge in [-0.1, -0.05) is 30.3 Å². The molecule has 0 bridgehead atoms. The first kappa shape index (κ1) is 12.7. The Morgan fingerprint density at radius 3 is 2.68 bits per heavy atom. The molecule has 0 unspecified atom stereocenters. The van der Waals surface area contributed by atoms with E-state index in [9.17, 15) is 5.11 Å². The summed E-state index contributed by atoms with van der Waals surface area (Å²) in [6.07, 6.45) is 0.479. The molecule has 102 valence electrons. The molecule has 0 amide bonds. The molecular weight excluding hydrogens is 244 g/mol. The standard InChI is InChI=1S/C15H18O4/c1-15(2)18-12-9-17-11(13(16)14(12)19-15)8-10-6-4-3-5-7-10/h3-8,12-14,16H,9H2,1-2H3/b11-8-/t12-,13+,14-/m1/s1. The third kappa shape index (κ3) is 2.52. The lowest BCUT2D eigenvalue weighted by atomic mass is 10.0. The SMILES string of the molecule is CC1(C)O[C@@H]2[C@@H](CO/C(=C\c3ccccc3)[C@@H]2O)O1. The van der Waals surface area contributed by atoms with Crippen LogP contribution in [0.4, 0.5) is 0 Å². The van der Waals surface area contributed by atoms with Crippen molar-refractivity contribution in [2.45, 2.75) is 37.9 Å². The van der Waals surface area contributed by atoms with Crippen molar-refractivity contribution in [3.05, 3.63) is 41.7 Å². The van der Waals surface area contributed by atoms with E-state index in [4.69, 9.17) is 14.2 Å². The van der Waals surface area contributed by atoms with Gasteiger partial charge in [0.2, 0.25) is 0 Å². The summed E-state index contributed by atoms with van der Waals surface area (Å²) < 4.78 is 17.0. The van der Waals surface area contributed by atoms with Gasteiger partial charge in [0.15, 0.2) is 5.79 Å².